The average Bonchev–Trinajstić information content (AvgIpc) is 2.98. The Morgan fingerprint density at radius 2 is 2.13 bits per heavy atom. The van der Waals surface area contributed by atoms with Gasteiger partial charge in [0.1, 0.15) is 4.88 Å². The fourth-order valence-corrected chi connectivity index (χ4v) is 3.26. The first kappa shape index (κ1) is 17.1. The number of thiophene rings is 1. The lowest BCUT2D eigenvalue weighted by Gasteiger charge is -2.10. The number of nitriles is 1. The van der Waals surface area contributed by atoms with E-state index in [0.717, 1.165) is 10.5 Å². The zero-order chi connectivity index (χ0) is 16.7. The average molecular weight is 346 g/mol. The highest BCUT2D eigenvalue weighted by Crippen LogP contribution is 2.26. The molecule has 0 aliphatic rings. The number of amides is 1. The smallest absolute Gasteiger partial charge is 0.349 e. The van der Waals surface area contributed by atoms with Gasteiger partial charge in [-0.2, -0.15) is 5.26 Å². The minimum atomic E-state index is -0.500. The molecule has 0 aliphatic carbocycles. The van der Waals surface area contributed by atoms with E-state index < -0.39 is 11.9 Å². The standard InChI is InChI=1S/C16H14N2O3S2/c1-11-6-8-23-15(11)16(20)21-10-14(19)18-12-4-2-3-5-13(12)22-9-7-17/h2-6,8H,9-10H2,1H3,(H,18,19). The van der Waals surface area contributed by atoms with Crippen LogP contribution in [0.25, 0.3) is 0 Å². The highest BCUT2D eigenvalue weighted by molar-refractivity contribution is 7.99. The fraction of sp³-hybridized carbons (Fsp3) is 0.188. The molecule has 1 heterocycles. The van der Waals surface area contributed by atoms with Gasteiger partial charge in [-0.05, 0) is 36.1 Å². The molecular weight excluding hydrogens is 332 g/mol. The number of nitrogens with zero attached hydrogens (tertiary/aromatic N) is 1. The van der Waals surface area contributed by atoms with Crippen molar-refractivity contribution in [3.05, 3.63) is 46.2 Å². The monoisotopic (exact) mass is 346 g/mol. The van der Waals surface area contributed by atoms with Gasteiger partial charge in [0.2, 0.25) is 0 Å². The zero-order valence-corrected chi connectivity index (χ0v) is 14.0. The maximum absolute atomic E-state index is 11.9. The highest BCUT2D eigenvalue weighted by atomic mass is 32.2. The van der Waals surface area contributed by atoms with Gasteiger partial charge in [-0.3, -0.25) is 4.79 Å². The summed E-state index contributed by atoms with van der Waals surface area (Å²) in [6.45, 7) is 1.46. The number of thioether (sulfide) groups is 1. The van der Waals surface area contributed by atoms with Gasteiger partial charge in [0.05, 0.1) is 17.5 Å². The van der Waals surface area contributed by atoms with Crippen LogP contribution >= 0.6 is 23.1 Å². The molecule has 0 radical (unpaired) electrons. The van der Waals surface area contributed by atoms with Crippen molar-refractivity contribution in [1.29, 1.82) is 5.26 Å². The molecule has 1 aromatic carbocycles. The van der Waals surface area contributed by atoms with Crippen LogP contribution in [0.3, 0.4) is 0 Å². The lowest BCUT2D eigenvalue weighted by atomic mass is 10.3. The molecule has 0 atom stereocenters. The number of para-hydroxylation sites is 1. The molecule has 1 N–H and O–H groups in total. The van der Waals surface area contributed by atoms with Crippen molar-refractivity contribution in [1.82, 2.24) is 0 Å². The second-order valence-corrected chi connectivity index (χ2v) is 6.43. The fourth-order valence-electron chi connectivity index (χ4n) is 1.77. The Bertz CT molecular complexity index is 750. The Labute approximate surface area is 142 Å². The molecule has 0 saturated heterocycles. The van der Waals surface area contributed by atoms with Crippen molar-refractivity contribution in [2.75, 3.05) is 17.7 Å². The molecule has 0 bridgehead atoms. The summed E-state index contributed by atoms with van der Waals surface area (Å²) in [6, 6.07) is 11.0. The van der Waals surface area contributed by atoms with E-state index in [2.05, 4.69) is 5.32 Å². The summed E-state index contributed by atoms with van der Waals surface area (Å²) < 4.78 is 5.02. The van der Waals surface area contributed by atoms with Crippen molar-refractivity contribution >= 4 is 40.7 Å². The Morgan fingerprint density at radius 3 is 2.83 bits per heavy atom. The minimum Gasteiger partial charge on any atom is -0.451 e. The van der Waals surface area contributed by atoms with E-state index in [1.807, 2.05) is 31.2 Å². The minimum absolute atomic E-state index is 0.291. The van der Waals surface area contributed by atoms with Crippen LogP contribution in [-0.4, -0.2) is 24.2 Å². The molecule has 7 heteroatoms. The summed E-state index contributed by atoms with van der Waals surface area (Å²) >= 11 is 2.62. The van der Waals surface area contributed by atoms with Gasteiger partial charge in [0, 0.05) is 4.90 Å². The summed E-state index contributed by atoms with van der Waals surface area (Å²) in [5.41, 5.74) is 1.43. The molecule has 0 aliphatic heterocycles. The van der Waals surface area contributed by atoms with Gasteiger partial charge in [-0.1, -0.05) is 12.1 Å². The Kier molecular flexibility index (Phi) is 6.20. The number of ether oxygens (including phenoxy) is 1. The van der Waals surface area contributed by atoms with E-state index in [0.29, 0.717) is 16.3 Å². The van der Waals surface area contributed by atoms with Crippen molar-refractivity contribution in [3.8, 4) is 6.07 Å². The second kappa shape index (κ2) is 8.36. The molecule has 0 spiro atoms. The first-order valence-electron chi connectivity index (χ1n) is 6.71. The van der Waals surface area contributed by atoms with Crippen LogP contribution in [0.15, 0.2) is 40.6 Å². The van der Waals surface area contributed by atoms with Gasteiger partial charge in [0.25, 0.3) is 5.91 Å². The summed E-state index contributed by atoms with van der Waals surface area (Å²) in [5, 5.41) is 13.1. The van der Waals surface area contributed by atoms with E-state index in [4.69, 9.17) is 10.00 Å². The first-order chi connectivity index (χ1) is 11.1. The summed E-state index contributed by atoms with van der Waals surface area (Å²) in [7, 11) is 0. The van der Waals surface area contributed by atoms with Gasteiger partial charge in [-0.15, -0.1) is 23.1 Å². The number of carbonyl (C=O) groups excluding carboxylic acids is 2. The molecule has 0 unspecified atom stereocenters. The third-order valence-electron chi connectivity index (χ3n) is 2.84. The maximum Gasteiger partial charge on any atom is 0.349 e. The second-order valence-electron chi connectivity index (χ2n) is 4.50. The van der Waals surface area contributed by atoms with E-state index >= 15 is 0 Å². The van der Waals surface area contributed by atoms with E-state index in [1.54, 1.807) is 17.5 Å². The Hall–Kier alpha value is -2.30. The molecular formula is C16H14N2O3S2. The number of aryl methyl sites for hydroxylation is 1. The normalized spacial score (nSPS) is 9.91. The SMILES string of the molecule is Cc1ccsc1C(=O)OCC(=O)Nc1ccccc1SCC#N. The summed E-state index contributed by atoms with van der Waals surface area (Å²) in [4.78, 5) is 25.1. The molecule has 1 aromatic heterocycles. The van der Waals surface area contributed by atoms with E-state index in [-0.39, 0.29) is 6.61 Å². The largest absolute Gasteiger partial charge is 0.451 e. The van der Waals surface area contributed by atoms with Crippen LogP contribution < -0.4 is 5.32 Å². The maximum atomic E-state index is 11.9. The number of hydrogen-bond donors (Lipinski definition) is 1. The topological polar surface area (TPSA) is 79.2 Å². The molecule has 0 fully saturated rings. The summed E-state index contributed by atoms with van der Waals surface area (Å²) in [5.74, 6) is -0.628. The number of rotatable bonds is 6. The molecule has 1 amide bonds. The Balaban J connectivity index is 1.92. The molecule has 118 valence electrons. The van der Waals surface area contributed by atoms with Gasteiger partial charge < -0.3 is 10.1 Å². The molecule has 2 rings (SSSR count). The number of anilines is 1. The van der Waals surface area contributed by atoms with Crippen LogP contribution in [0, 0.1) is 18.3 Å². The highest BCUT2D eigenvalue weighted by Gasteiger charge is 2.14. The van der Waals surface area contributed by atoms with Crippen molar-refractivity contribution in [2.45, 2.75) is 11.8 Å². The molecule has 2 aromatic rings. The van der Waals surface area contributed by atoms with Crippen LogP contribution in [-0.2, 0) is 9.53 Å². The molecule has 5 nitrogen and oxygen atoms in total. The number of benzene rings is 1. The van der Waals surface area contributed by atoms with Crippen LogP contribution in [0.1, 0.15) is 15.2 Å². The number of esters is 1. The summed E-state index contributed by atoms with van der Waals surface area (Å²) in [6.07, 6.45) is 0. The van der Waals surface area contributed by atoms with E-state index in [9.17, 15) is 9.59 Å². The van der Waals surface area contributed by atoms with Gasteiger partial charge in [-0.25, -0.2) is 4.79 Å². The quantitative estimate of drug-likeness (QED) is 0.640. The van der Waals surface area contributed by atoms with Crippen LogP contribution in [0.2, 0.25) is 0 Å². The van der Waals surface area contributed by atoms with E-state index in [1.165, 1.54) is 23.1 Å². The van der Waals surface area contributed by atoms with Crippen LogP contribution in [0.4, 0.5) is 5.69 Å². The van der Waals surface area contributed by atoms with Gasteiger partial charge >= 0.3 is 5.97 Å². The lowest BCUT2D eigenvalue weighted by Crippen LogP contribution is -2.21. The third-order valence-corrected chi connectivity index (χ3v) is 4.77. The van der Waals surface area contributed by atoms with Crippen molar-refractivity contribution in [3.63, 3.8) is 0 Å². The van der Waals surface area contributed by atoms with Crippen molar-refractivity contribution in [2.24, 2.45) is 0 Å². The lowest BCUT2D eigenvalue weighted by molar-refractivity contribution is -0.119. The zero-order valence-electron chi connectivity index (χ0n) is 12.4. The Morgan fingerprint density at radius 1 is 1.35 bits per heavy atom. The van der Waals surface area contributed by atoms with Gasteiger partial charge in [0.15, 0.2) is 6.61 Å². The van der Waals surface area contributed by atoms with Crippen molar-refractivity contribution < 1.29 is 14.3 Å². The molecule has 0 saturated carbocycles. The first-order valence-corrected chi connectivity index (χ1v) is 8.58. The van der Waals surface area contributed by atoms with Crippen LogP contribution in [0.5, 0.6) is 0 Å². The predicted octanol–water partition coefficient (Wildman–Crippen LogP) is 3.47. The third kappa shape index (κ3) is 4.84. The number of hydrogen-bond acceptors (Lipinski definition) is 6. The number of carbonyl (C=O) groups is 2. The molecule has 23 heavy (non-hydrogen) atoms. The predicted molar refractivity (Wildman–Crippen MR) is 90.7 cm³/mol. The number of nitrogens with one attached hydrogen (secondary N) is 1.